The number of benzene rings is 2. The highest BCUT2D eigenvalue weighted by molar-refractivity contribution is 5.77. The first-order chi connectivity index (χ1) is 10.2. The summed E-state index contributed by atoms with van der Waals surface area (Å²) in [6.07, 6.45) is 2.85. The predicted molar refractivity (Wildman–Crippen MR) is 87.5 cm³/mol. The minimum absolute atomic E-state index is 0.239. The third-order valence-corrected chi connectivity index (χ3v) is 4.15. The summed E-state index contributed by atoms with van der Waals surface area (Å²) in [4.78, 5) is 4.57. The standard InChI is InChI=1S/C18H21N3/c1-13-10-16-18(11-14(13)2)21(12-20-16)17(8-9-19)15-6-4-3-5-7-15/h3-7,10-12,17H,8-9,19H2,1-2H3. The summed E-state index contributed by atoms with van der Waals surface area (Å²) in [5, 5.41) is 0. The summed E-state index contributed by atoms with van der Waals surface area (Å²) in [6, 6.07) is 15.1. The van der Waals surface area contributed by atoms with Crippen LogP contribution in [0.1, 0.15) is 29.2 Å². The first-order valence-corrected chi connectivity index (χ1v) is 7.39. The molecule has 2 aromatic carbocycles. The van der Waals surface area contributed by atoms with E-state index in [0.29, 0.717) is 6.54 Å². The molecule has 3 rings (SSSR count). The summed E-state index contributed by atoms with van der Waals surface area (Å²) in [5.41, 5.74) is 11.9. The number of aryl methyl sites for hydroxylation is 2. The van der Waals surface area contributed by atoms with Gasteiger partial charge in [-0.05, 0) is 55.6 Å². The second-order valence-corrected chi connectivity index (χ2v) is 5.58. The van der Waals surface area contributed by atoms with Gasteiger partial charge >= 0.3 is 0 Å². The Bertz CT molecular complexity index is 744. The van der Waals surface area contributed by atoms with Crippen molar-refractivity contribution in [1.82, 2.24) is 9.55 Å². The van der Waals surface area contributed by atoms with E-state index in [4.69, 9.17) is 5.73 Å². The summed E-state index contributed by atoms with van der Waals surface area (Å²) < 4.78 is 2.25. The van der Waals surface area contributed by atoms with Gasteiger partial charge in [0.2, 0.25) is 0 Å². The molecule has 0 saturated carbocycles. The van der Waals surface area contributed by atoms with E-state index < -0.39 is 0 Å². The quantitative estimate of drug-likeness (QED) is 0.793. The van der Waals surface area contributed by atoms with Gasteiger partial charge in [0.1, 0.15) is 0 Å². The number of rotatable bonds is 4. The maximum atomic E-state index is 5.84. The number of hydrogen-bond acceptors (Lipinski definition) is 2. The second kappa shape index (κ2) is 5.70. The zero-order valence-corrected chi connectivity index (χ0v) is 12.6. The normalized spacial score (nSPS) is 12.7. The van der Waals surface area contributed by atoms with Crippen molar-refractivity contribution in [3.8, 4) is 0 Å². The Morgan fingerprint density at radius 2 is 1.81 bits per heavy atom. The molecule has 3 nitrogen and oxygen atoms in total. The van der Waals surface area contributed by atoms with Gasteiger partial charge in [0, 0.05) is 0 Å². The highest BCUT2D eigenvalue weighted by Gasteiger charge is 2.16. The molecule has 1 aromatic heterocycles. The third-order valence-electron chi connectivity index (χ3n) is 4.15. The van der Waals surface area contributed by atoms with E-state index in [1.807, 2.05) is 12.4 Å². The van der Waals surface area contributed by atoms with Crippen molar-refractivity contribution in [3.05, 3.63) is 65.5 Å². The first-order valence-electron chi connectivity index (χ1n) is 7.39. The highest BCUT2D eigenvalue weighted by Crippen LogP contribution is 2.27. The summed E-state index contributed by atoms with van der Waals surface area (Å²) in [5.74, 6) is 0. The topological polar surface area (TPSA) is 43.8 Å². The van der Waals surface area contributed by atoms with Crippen LogP contribution in [0.5, 0.6) is 0 Å². The minimum Gasteiger partial charge on any atom is -0.330 e. The SMILES string of the molecule is Cc1cc2ncn(C(CCN)c3ccccc3)c2cc1C. The molecule has 0 aliphatic heterocycles. The molecule has 0 spiro atoms. The van der Waals surface area contributed by atoms with Crippen LogP contribution in [0.25, 0.3) is 11.0 Å². The van der Waals surface area contributed by atoms with Gasteiger partial charge in [-0.2, -0.15) is 0 Å². The smallest absolute Gasteiger partial charge is 0.0964 e. The fraction of sp³-hybridized carbons (Fsp3) is 0.278. The lowest BCUT2D eigenvalue weighted by Crippen LogP contribution is -2.14. The van der Waals surface area contributed by atoms with E-state index in [2.05, 4.69) is 59.8 Å². The highest BCUT2D eigenvalue weighted by atomic mass is 15.1. The van der Waals surface area contributed by atoms with E-state index >= 15 is 0 Å². The van der Waals surface area contributed by atoms with E-state index in [9.17, 15) is 0 Å². The van der Waals surface area contributed by atoms with Gasteiger partial charge in [0.05, 0.1) is 23.4 Å². The van der Waals surface area contributed by atoms with Crippen molar-refractivity contribution in [2.75, 3.05) is 6.54 Å². The molecular formula is C18H21N3. The lowest BCUT2D eigenvalue weighted by molar-refractivity contribution is 0.560. The van der Waals surface area contributed by atoms with Gasteiger partial charge in [-0.3, -0.25) is 0 Å². The number of aromatic nitrogens is 2. The van der Waals surface area contributed by atoms with E-state index in [-0.39, 0.29) is 6.04 Å². The van der Waals surface area contributed by atoms with Crippen LogP contribution in [0.4, 0.5) is 0 Å². The van der Waals surface area contributed by atoms with Gasteiger partial charge in [-0.15, -0.1) is 0 Å². The molecule has 1 heterocycles. The van der Waals surface area contributed by atoms with Crippen LogP contribution in [0.3, 0.4) is 0 Å². The Hall–Kier alpha value is -2.13. The fourth-order valence-electron chi connectivity index (χ4n) is 2.83. The lowest BCUT2D eigenvalue weighted by Gasteiger charge is -2.19. The predicted octanol–water partition coefficient (Wildman–Crippen LogP) is 3.59. The Balaban J connectivity index is 2.14. The van der Waals surface area contributed by atoms with Crippen molar-refractivity contribution in [2.24, 2.45) is 5.73 Å². The Morgan fingerprint density at radius 1 is 1.10 bits per heavy atom. The molecule has 0 radical (unpaired) electrons. The number of nitrogens with two attached hydrogens (primary N) is 1. The largest absolute Gasteiger partial charge is 0.330 e. The maximum Gasteiger partial charge on any atom is 0.0964 e. The molecule has 0 aliphatic carbocycles. The Morgan fingerprint density at radius 3 is 2.52 bits per heavy atom. The van der Waals surface area contributed by atoms with E-state index in [0.717, 1.165) is 11.9 Å². The molecule has 0 amide bonds. The summed E-state index contributed by atoms with van der Waals surface area (Å²) in [7, 11) is 0. The van der Waals surface area contributed by atoms with Crippen LogP contribution in [-0.4, -0.2) is 16.1 Å². The molecule has 0 aliphatic rings. The number of imidazole rings is 1. The average molecular weight is 279 g/mol. The van der Waals surface area contributed by atoms with Crippen LogP contribution in [0.15, 0.2) is 48.8 Å². The van der Waals surface area contributed by atoms with Crippen LogP contribution in [0.2, 0.25) is 0 Å². The molecule has 1 atom stereocenters. The lowest BCUT2D eigenvalue weighted by atomic mass is 10.0. The summed E-state index contributed by atoms with van der Waals surface area (Å²) >= 11 is 0. The molecule has 2 N–H and O–H groups in total. The fourth-order valence-corrected chi connectivity index (χ4v) is 2.83. The van der Waals surface area contributed by atoms with Crippen LogP contribution < -0.4 is 5.73 Å². The second-order valence-electron chi connectivity index (χ2n) is 5.58. The van der Waals surface area contributed by atoms with Gasteiger partial charge in [-0.1, -0.05) is 30.3 Å². The van der Waals surface area contributed by atoms with Crippen molar-refractivity contribution >= 4 is 11.0 Å². The molecule has 0 fully saturated rings. The van der Waals surface area contributed by atoms with Crippen molar-refractivity contribution in [1.29, 1.82) is 0 Å². The molecule has 0 saturated heterocycles. The first kappa shape index (κ1) is 13.8. The minimum atomic E-state index is 0.239. The van der Waals surface area contributed by atoms with Gasteiger partial charge < -0.3 is 10.3 Å². The molecule has 21 heavy (non-hydrogen) atoms. The molecule has 108 valence electrons. The van der Waals surface area contributed by atoms with Gasteiger partial charge in [-0.25, -0.2) is 4.98 Å². The zero-order valence-electron chi connectivity index (χ0n) is 12.6. The van der Waals surface area contributed by atoms with Crippen LogP contribution >= 0.6 is 0 Å². The number of nitrogens with zero attached hydrogens (tertiary/aromatic N) is 2. The molecule has 1 unspecified atom stereocenters. The van der Waals surface area contributed by atoms with E-state index in [1.165, 1.54) is 22.2 Å². The van der Waals surface area contributed by atoms with Crippen molar-refractivity contribution < 1.29 is 0 Å². The maximum absolute atomic E-state index is 5.84. The average Bonchev–Trinajstić information content (AvgIpc) is 2.89. The Labute approximate surface area is 125 Å². The van der Waals surface area contributed by atoms with Crippen molar-refractivity contribution in [2.45, 2.75) is 26.3 Å². The van der Waals surface area contributed by atoms with Crippen molar-refractivity contribution in [3.63, 3.8) is 0 Å². The zero-order chi connectivity index (χ0) is 14.8. The number of fused-ring (bicyclic) bond motifs is 1. The van der Waals surface area contributed by atoms with Gasteiger partial charge in [0.15, 0.2) is 0 Å². The molecular weight excluding hydrogens is 258 g/mol. The Kier molecular flexibility index (Phi) is 3.76. The van der Waals surface area contributed by atoms with Gasteiger partial charge in [0.25, 0.3) is 0 Å². The molecule has 3 heteroatoms. The molecule has 0 bridgehead atoms. The van der Waals surface area contributed by atoms with E-state index in [1.54, 1.807) is 0 Å². The number of hydrogen-bond donors (Lipinski definition) is 1. The summed E-state index contributed by atoms with van der Waals surface area (Å²) in [6.45, 7) is 4.93. The third kappa shape index (κ3) is 2.57. The molecule has 3 aromatic rings. The van der Waals surface area contributed by atoms with Crippen LogP contribution in [-0.2, 0) is 0 Å². The van der Waals surface area contributed by atoms with Crippen LogP contribution in [0, 0.1) is 13.8 Å². The monoisotopic (exact) mass is 279 g/mol.